The second-order valence-corrected chi connectivity index (χ2v) is 3.78. The Kier molecular flexibility index (Phi) is 4.70. The van der Waals surface area contributed by atoms with Crippen LogP contribution < -0.4 is 5.73 Å². The summed E-state index contributed by atoms with van der Waals surface area (Å²) < 4.78 is 0. The molecule has 1 atom stereocenters. The third-order valence-electron chi connectivity index (χ3n) is 3.07. The lowest BCUT2D eigenvalue weighted by molar-refractivity contribution is 0.107. The van der Waals surface area contributed by atoms with Gasteiger partial charge in [0.25, 0.3) is 0 Å². The molecular weight excluding hydrogens is 162 g/mol. The van der Waals surface area contributed by atoms with Gasteiger partial charge in [0.05, 0.1) is 0 Å². The Bertz CT molecular complexity index is 134. The van der Waals surface area contributed by atoms with E-state index in [4.69, 9.17) is 5.73 Å². The Morgan fingerprint density at radius 1 is 1.38 bits per heavy atom. The summed E-state index contributed by atoms with van der Waals surface area (Å²) in [6.45, 7) is 9.89. The van der Waals surface area contributed by atoms with E-state index in [1.54, 1.807) is 0 Å². The molecule has 0 spiro atoms. The molecule has 0 aromatic rings. The third-order valence-corrected chi connectivity index (χ3v) is 3.07. The number of likely N-dealkylation sites (N-methyl/N-ethyl adjacent to an activating group) is 1. The maximum atomic E-state index is 5.66. The molecule has 1 unspecified atom stereocenters. The summed E-state index contributed by atoms with van der Waals surface area (Å²) in [5.74, 6) is 0. The van der Waals surface area contributed by atoms with Crippen LogP contribution in [0.1, 0.15) is 26.7 Å². The molecule has 0 saturated carbocycles. The number of rotatable bonds is 4. The molecule has 0 aromatic carbocycles. The van der Waals surface area contributed by atoms with Gasteiger partial charge in [0, 0.05) is 19.3 Å². The van der Waals surface area contributed by atoms with Gasteiger partial charge in [-0.3, -0.25) is 9.80 Å². The molecular formula is C10H23N3. The number of nitrogens with zero attached hydrogens (tertiary/aromatic N) is 2. The Balaban J connectivity index is 2.40. The summed E-state index contributed by atoms with van der Waals surface area (Å²) in [7, 11) is 0. The molecule has 78 valence electrons. The van der Waals surface area contributed by atoms with Crippen molar-refractivity contribution in [3.8, 4) is 0 Å². The van der Waals surface area contributed by atoms with Crippen LogP contribution in [0, 0.1) is 0 Å². The zero-order chi connectivity index (χ0) is 9.68. The average Bonchev–Trinajstić information content (AvgIpc) is 2.20. The lowest BCUT2D eigenvalue weighted by atomic mass is 10.0. The van der Waals surface area contributed by atoms with Crippen molar-refractivity contribution in [3.05, 3.63) is 0 Å². The van der Waals surface area contributed by atoms with Gasteiger partial charge in [0.2, 0.25) is 0 Å². The fraction of sp³-hybridized carbons (Fsp3) is 1.00. The van der Waals surface area contributed by atoms with Gasteiger partial charge in [0.15, 0.2) is 0 Å². The molecule has 2 N–H and O–H groups in total. The first-order valence-corrected chi connectivity index (χ1v) is 5.48. The van der Waals surface area contributed by atoms with Crippen LogP contribution in [0.25, 0.3) is 0 Å². The van der Waals surface area contributed by atoms with E-state index in [1.165, 1.54) is 32.5 Å². The molecule has 1 aliphatic heterocycles. The predicted molar refractivity (Wildman–Crippen MR) is 56.6 cm³/mol. The summed E-state index contributed by atoms with van der Waals surface area (Å²) in [6.07, 6.45) is 2.65. The molecule has 0 amide bonds. The molecule has 1 aliphatic rings. The van der Waals surface area contributed by atoms with Crippen LogP contribution in [-0.2, 0) is 0 Å². The third kappa shape index (κ3) is 2.93. The van der Waals surface area contributed by atoms with E-state index >= 15 is 0 Å². The first-order chi connectivity index (χ1) is 6.31. The van der Waals surface area contributed by atoms with Gasteiger partial charge >= 0.3 is 0 Å². The smallest absolute Gasteiger partial charge is 0.0455 e. The molecule has 0 aliphatic carbocycles. The number of hydrogen-bond acceptors (Lipinski definition) is 3. The van der Waals surface area contributed by atoms with Crippen molar-refractivity contribution in [1.29, 1.82) is 0 Å². The monoisotopic (exact) mass is 185 g/mol. The highest BCUT2D eigenvalue weighted by atomic mass is 15.2. The summed E-state index contributed by atoms with van der Waals surface area (Å²) in [6, 6.07) is 0.743. The minimum atomic E-state index is 0.720. The van der Waals surface area contributed by atoms with Gasteiger partial charge in [-0.1, -0.05) is 13.8 Å². The molecule has 0 bridgehead atoms. The first kappa shape index (κ1) is 11.0. The number of nitrogens with two attached hydrogens (primary N) is 1. The van der Waals surface area contributed by atoms with E-state index in [0.29, 0.717) is 0 Å². The van der Waals surface area contributed by atoms with Gasteiger partial charge in [-0.05, 0) is 32.5 Å². The average molecular weight is 185 g/mol. The highest BCUT2D eigenvalue weighted by Gasteiger charge is 2.22. The van der Waals surface area contributed by atoms with Crippen LogP contribution in [0.4, 0.5) is 0 Å². The van der Waals surface area contributed by atoms with E-state index in [-0.39, 0.29) is 0 Å². The van der Waals surface area contributed by atoms with Gasteiger partial charge < -0.3 is 5.73 Å². The van der Waals surface area contributed by atoms with E-state index in [1.807, 2.05) is 0 Å². The fourth-order valence-corrected chi connectivity index (χ4v) is 2.24. The number of piperidine rings is 1. The summed E-state index contributed by atoms with van der Waals surface area (Å²) in [5.41, 5.74) is 5.66. The number of likely N-dealkylation sites (tertiary alicyclic amines) is 1. The van der Waals surface area contributed by atoms with Crippen molar-refractivity contribution in [2.75, 3.05) is 32.8 Å². The number of hydrogen-bond donors (Lipinski definition) is 1. The van der Waals surface area contributed by atoms with Crippen molar-refractivity contribution in [2.45, 2.75) is 32.7 Å². The second kappa shape index (κ2) is 5.58. The zero-order valence-electron chi connectivity index (χ0n) is 9.00. The van der Waals surface area contributed by atoms with E-state index in [2.05, 4.69) is 23.6 Å². The van der Waals surface area contributed by atoms with Crippen LogP contribution in [0.3, 0.4) is 0 Å². The minimum Gasteiger partial charge on any atom is -0.318 e. The van der Waals surface area contributed by atoms with Crippen molar-refractivity contribution in [1.82, 2.24) is 9.80 Å². The summed E-state index contributed by atoms with van der Waals surface area (Å²) >= 11 is 0. The van der Waals surface area contributed by atoms with Crippen molar-refractivity contribution in [3.63, 3.8) is 0 Å². The van der Waals surface area contributed by atoms with Gasteiger partial charge in [-0.2, -0.15) is 0 Å². The van der Waals surface area contributed by atoms with Crippen LogP contribution in [-0.4, -0.2) is 48.7 Å². The van der Waals surface area contributed by atoms with E-state index < -0.39 is 0 Å². The molecule has 0 aromatic heterocycles. The highest BCUT2D eigenvalue weighted by Crippen LogP contribution is 2.14. The topological polar surface area (TPSA) is 32.5 Å². The largest absolute Gasteiger partial charge is 0.318 e. The predicted octanol–water partition coefficient (Wildman–Crippen LogP) is 0.709. The molecule has 3 heteroatoms. The SMILES string of the molecule is CCN(CC)C1CCCN(CN)C1. The van der Waals surface area contributed by atoms with Crippen molar-refractivity contribution >= 4 is 0 Å². The Labute approximate surface area is 81.9 Å². The molecule has 1 heterocycles. The highest BCUT2D eigenvalue weighted by molar-refractivity contribution is 4.78. The second-order valence-electron chi connectivity index (χ2n) is 3.78. The lowest BCUT2D eigenvalue weighted by Crippen LogP contribution is -2.49. The quantitative estimate of drug-likeness (QED) is 0.700. The van der Waals surface area contributed by atoms with E-state index in [0.717, 1.165) is 19.3 Å². The van der Waals surface area contributed by atoms with Crippen molar-refractivity contribution < 1.29 is 0 Å². The van der Waals surface area contributed by atoms with Crippen LogP contribution in [0.5, 0.6) is 0 Å². The van der Waals surface area contributed by atoms with Crippen LogP contribution in [0.2, 0.25) is 0 Å². The van der Waals surface area contributed by atoms with Crippen LogP contribution >= 0.6 is 0 Å². The maximum absolute atomic E-state index is 5.66. The standard InChI is InChI=1S/C10H23N3/c1-3-13(4-2)10-6-5-7-12(8-10)9-11/h10H,3-9,11H2,1-2H3. The molecule has 1 rings (SSSR count). The normalized spacial score (nSPS) is 25.4. The summed E-state index contributed by atoms with van der Waals surface area (Å²) in [4.78, 5) is 4.90. The molecule has 13 heavy (non-hydrogen) atoms. The lowest BCUT2D eigenvalue weighted by Gasteiger charge is -2.37. The Morgan fingerprint density at radius 3 is 2.62 bits per heavy atom. The maximum Gasteiger partial charge on any atom is 0.0455 e. The van der Waals surface area contributed by atoms with E-state index in [9.17, 15) is 0 Å². The Morgan fingerprint density at radius 2 is 2.08 bits per heavy atom. The Hall–Kier alpha value is -0.120. The van der Waals surface area contributed by atoms with Gasteiger partial charge in [-0.15, -0.1) is 0 Å². The zero-order valence-corrected chi connectivity index (χ0v) is 9.00. The van der Waals surface area contributed by atoms with Gasteiger partial charge in [-0.25, -0.2) is 0 Å². The van der Waals surface area contributed by atoms with Crippen LogP contribution in [0.15, 0.2) is 0 Å². The molecule has 0 radical (unpaired) electrons. The molecule has 1 fully saturated rings. The molecule has 1 saturated heterocycles. The van der Waals surface area contributed by atoms with Crippen molar-refractivity contribution in [2.24, 2.45) is 5.73 Å². The fourth-order valence-electron chi connectivity index (χ4n) is 2.24. The first-order valence-electron chi connectivity index (χ1n) is 5.48. The van der Waals surface area contributed by atoms with Gasteiger partial charge in [0.1, 0.15) is 0 Å². The molecule has 3 nitrogen and oxygen atoms in total. The minimum absolute atomic E-state index is 0.720. The summed E-state index contributed by atoms with van der Waals surface area (Å²) in [5, 5.41) is 0.